The number of hydrogen-bond acceptors (Lipinski definition) is 3. The normalized spacial score (nSPS) is 22.0. The molecule has 100 valence electrons. The van der Waals surface area contributed by atoms with Gasteiger partial charge >= 0.3 is 0 Å². The molecule has 1 aromatic heterocycles. The second-order valence-corrected chi connectivity index (χ2v) is 6.90. The third-order valence-electron chi connectivity index (χ3n) is 3.64. The van der Waals surface area contributed by atoms with Gasteiger partial charge in [-0.3, -0.25) is 0 Å². The van der Waals surface area contributed by atoms with Gasteiger partial charge in [0.2, 0.25) is 5.95 Å². The Morgan fingerprint density at radius 1 is 1.00 bits per heavy atom. The number of hydrogen-bond donors (Lipinski definition) is 0. The van der Waals surface area contributed by atoms with Gasteiger partial charge in [-0.05, 0) is 47.0 Å². The molecule has 0 atom stereocenters. The van der Waals surface area contributed by atoms with Crippen LogP contribution in [0.2, 0.25) is 10.3 Å². The quantitative estimate of drug-likeness (QED) is 0.720. The van der Waals surface area contributed by atoms with Crippen LogP contribution in [0.3, 0.4) is 0 Å². The summed E-state index contributed by atoms with van der Waals surface area (Å²) >= 11 is 12.0. The van der Waals surface area contributed by atoms with E-state index in [1.807, 2.05) is 0 Å². The minimum absolute atomic E-state index is 0.00968. The highest BCUT2D eigenvalue weighted by Crippen LogP contribution is 2.40. The lowest BCUT2D eigenvalue weighted by Gasteiger charge is -2.52. The molecule has 0 aliphatic carbocycles. The average Bonchev–Trinajstić information content (AvgIpc) is 2.11. The Balaban J connectivity index is 2.50. The molecule has 0 radical (unpaired) electrons. The zero-order valence-electron chi connectivity index (χ0n) is 11.3. The minimum atomic E-state index is 0.00968. The van der Waals surface area contributed by atoms with E-state index in [9.17, 15) is 0 Å². The van der Waals surface area contributed by atoms with Gasteiger partial charge in [-0.2, -0.15) is 0 Å². The van der Waals surface area contributed by atoms with Crippen molar-refractivity contribution < 1.29 is 0 Å². The van der Waals surface area contributed by atoms with Crippen LogP contribution in [0.1, 0.15) is 47.0 Å². The van der Waals surface area contributed by atoms with E-state index in [4.69, 9.17) is 23.2 Å². The lowest BCUT2D eigenvalue weighted by atomic mass is 9.80. The van der Waals surface area contributed by atoms with Crippen molar-refractivity contribution in [1.29, 1.82) is 0 Å². The number of anilines is 1. The van der Waals surface area contributed by atoms with Crippen LogP contribution in [0.15, 0.2) is 6.07 Å². The summed E-state index contributed by atoms with van der Waals surface area (Å²) < 4.78 is 0. The van der Waals surface area contributed by atoms with E-state index >= 15 is 0 Å². The third-order valence-corrected chi connectivity index (χ3v) is 4.03. The van der Waals surface area contributed by atoms with Gasteiger partial charge in [-0.15, -0.1) is 0 Å². The van der Waals surface area contributed by atoms with Crippen LogP contribution in [0.5, 0.6) is 0 Å². The molecule has 1 aromatic rings. The van der Waals surface area contributed by atoms with Gasteiger partial charge in [0.1, 0.15) is 10.3 Å². The molecular formula is C13H19Cl2N3. The fourth-order valence-corrected chi connectivity index (χ4v) is 3.43. The maximum atomic E-state index is 5.99. The highest BCUT2D eigenvalue weighted by molar-refractivity contribution is 6.33. The molecule has 0 N–H and O–H groups in total. The SMILES string of the molecule is CC1(C)CCCC(C)(C)N1c1nc(Cl)cc(Cl)n1. The molecule has 2 rings (SSSR count). The number of halogens is 2. The van der Waals surface area contributed by atoms with Crippen molar-refractivity contribution in [3.05, 3.63) is 16.4 Å². The average molecular weight is 288 g/mol. The van der Waals surface area contributed by atoms with E-state index in [0.717, 1.165) is 12.8 Å². The van der Waals surface area contributed by atoms with Crippen LogP contribution in [-0.4, -0.2) is 21.0 Å². The molecule has 1 aliphatic rings. The van der Waals surface area contributed by atoms with Gasteiger partial charge in [0.15, 0.2) is 0 Å². The molecule has 1 fully saturated rings. The van der Waals surface area contributed by atoms with Crippen LogP contribution in [0.4, 0.5) is 5.95 Å². The van der Waals surface area contributed by atoms with Crippen molar-refractivity contribution in [2.24, 2.45) is 0 Å². The van der Waals surface area contributed by atoms with E-state index in [0.29, 0.717) is 16.3 Å². The summed E-state index contributed by atoms with van der Waals surface area (Å²) in [7, 11) is 0. The molecule has 2 heterocycles. The maximum absolute atomic E-state index is 5.99. The molecule has 1 saturated heterocycles. The summed E-state index contributed by atoms with van der Waals surface area (Å²) in [6.45, 7) is 8.86. The first-order valence-corrected chi connectivity index (χ1v) is 6.98. The summed E-state index contributed by atoms with van der Waals surface area (Å²) in [6.07, 6.45) is 3.44. The first-order chi connectivity index (χ1) is 8.22. The summed E-state index contributed by atoms with van der Waals surface area (Å²) in [6, 6.07) is 1.57. The molecule has 3 nitrogen and oxygen atoms in total. The van der Waals surface area contributed by atoms with Crippen molar-refractivity contribution in [2.45, 2.75) is 58.0 Å². The second kappa shape index (κ2) is 4.53. The third kappa shape index (κ3) is 2.57. The Morgan fingerprint density at radius 3 is 1.89 bits per heavy atom. The molecule has 5 heteroatoms. The first-order valence-electron chi connectivity index (χ1n) is 6.23. The first kappa shape index (κ1) is 13.9. The molecule has 0 spiro atoms. The number of piperidine rings is 1. The van der Waals surface area contributed by atoms with Gasteiger partial charge in [-0.1, -0.05) is 23.2 Å². The van der Waals surface area contributed by atoms with Crippen molar-refractivity contribution in [2.75, 3.05) is 4.90 Å². The Kier molecular flexibility index (Phi) is 3.50. The van der Waals surface area contributed by atoms with Gasteiger partial charge in [0.05, 0.1) is 0 Å². The monoisotopic (exact) mass is 287 g/mol. The van der Waals surface area contributed by atoms with E-state index in [2.05, 4.69) is 42.6 Å². The van der Waals surface area contributed by atoms with Crippen LogP contribution in [0.25, 0.3) is 0 Å². The predicted molar refractivity (Wildman–Crippen MR) is 76.5 cm³/mol. The Morgan fingerprint density at radius 2 is 1.44 bits per heavy atom. The summed E-state index contributed by atoms with van der Waals surface area (Å²) in [5.74, 6) is 0.627. The largest absolute Gasteiger partial charge is 0.331 e. The fraction of sp³-hybridized carbons (Fsp3) is 0.692. The highest BCUT2D eigenvalue weighted by atomic mass is 35.5. The van der Waals surface area contributed by atoms with Crippen LogP contribution < -0.4 is 4.90 Å². The summed E-state index contributed by atoms with van der Waals surface area (Å²) in [4.78, 5) is 10.9. The van der Waals surface area contributed by atoms with Crippen molar-refractivity contribution in [3.8, 4) is 0 Å². The zero-order chi connectivity index (χ0) is 13.6. The summed E-state index contributed by atoms with van der Waals surface area (Å²) in [5, 5.41) is 0.782. The maximum Gasteiger partial charge on any atom is 0.229 e. The van der Waals surface area contributed by atoms with Crippen LogP contribution in [0, 0.1) is 0 Å². The smallest absolute Gasteiger partial charge is 0.229 e. The molecule has 0 saturated carbocycles. The molecule has 1 aliphatic heterocycles. The van der Waals surface area contributed by atoms with Crippen LogP contribution in [-0.2, 0) is 0 Å². The van der Waals surface area contributed by atoms with Crippen molar-refractivity contribution in [1.82, 2.24) is 9.97 Å². The van der Waals surface area contributed by atoms with Crippen molar-refractivity contribution >= 4 is 29.2 Å². The lowest BCUT2D eigenvalue weighted by molar-refractivity contribution is 0.239. The van der Waals surface area contributed by atoms with Gasteiger partial charge in [0, 0.05) is 17.1 Å². The topological polar surface area (TPSA) is 29.0 Å². The van der Waals surface area contributed by atoms with Crippen LogP contribution >= 0.6 is 23.2 Å². The number of nitrogens with zero attached hydrogens (tertiary/aromatic N) is 3. The van der Waals surface area contributed by atoms with E-state index in [1.54, 1.807) is 6.07 Å². The molecule has 0 amide bonds. The predicted octanol–water partition coefficient (Wildman–Crippen LogP) is 4.33. The highest BCUT2D eigenvalue weighted by Gasteiger charge is 2.42. The molecule has 0 aromatic carbocycles. The molecule has 0 unspecified atom stereocenters. The Bertz CT molecular complexity index is 421. The molecular weight excluding hydrogens is 269 g/mol. The molecule has 0 bridgehead atoms. The van der Waals surface area contributed by atoms with E-state index in [-0.39, 0.29) is 11.1 Å². The van der Waals surface area contributed by atoms with Gasteiger partial charge < -0.3 is 4.90 Å². The lowest BCUT2D eigenvalue weighted by Crippen LogP contribution is -2.59. The zero-order valence-corrected chi connectivity index (χ0v) is 12.8. The molecule has 18 heavy (non-hydrogen) atoms. The Hall–Kier alpha value is -0.540. The standard InChI is InChI=1S/C13H19Cl2N3/c1-12(2)6-5-7-13(3,4)18(12)11-16-9(14)8-10(15)17-11/h8H,5-7H2,1-4H3. The minimum Gasteiger partial charge on any atom is -0.331 e. The van der Waals surface area contributed by atoms with Gasteiger partial charge in [0.25, 0.3) is 0 Å². The summed E-state index contributed by atoms with van der Waals surface area (Å²) in [5.41, 5.74) is 0.0194. The van der Waals surface area contributed by atoms with Crippen molar-refractivity contribution in [3.63, 3.8) is 0 Å². The Labute approximate surface area is 119 Å². The van der Waals surface area contributed by atoms with E-state index < -0.39 is 0 Å². The fourth-order valence-electron chi connectivity index (χ4n) is 3.02. The van der Waals surface area contributed by atoms with E-state index in [1.165, 1.54) is 6.42 Å². The second-order valence-electron chi connectivity index (χ2n) is 6.13. The number of rotatable bonds is 1. The van der Waals surface area contributed by atoms with Gasteiger partial charge in [-0.25, -0.2) is 9.97 Å². The number of aromatic nitrogens is 2.